The lowest BCUT2D eigenvalue weighted by Crippen LogP contribution is -2.39. The van der Waals surface area contributed by atoms with Crippen LogP contribution in [-0.4, -0.2) is 43.3 Å². The fraction of sp³-hybridized carbons (Fsp3) is 0.667. The number of aromatic nitrogens is 2. The predicted octanol–water partition coefficient (Wildman–Crippen LogP) is 1.15. The third-order valence-electron chi connectivity index (χ3n) is 2.24. The maximum absolute atomic E-state index is 12.2. The van der Waals surface area contributed by atoms with Crippen molar-refractivity contribution < 1.29 is 13.2 Å². The van der Waals surface area contributed by atoms with Gasteiger partial charge >= 0.3 is 0 Å². The van der Waals surface area contributed by atoms with Gasteiger partial charge in [0.1, 0.15) is 0 Å². The van der Waals surface area contributed by atoms with Gasteiger partial charge in [0.05, 0.1) is 17.8 Å². The van der Waals surface area contributed by atoms with E-state index in [9.17, 15) is 8.42 Å². The maximum atomic E-state index is 12.2. The van der Waals surface area contributed by atoms with E-state index in [1.807, 2.05) is 0 Å². The first-order valence-corrected chi connectivity index (χ1v) is 8.15. The van der Waals surface area contributed by atoms with Gasteiger partial charge in [0.25, 0.3) is 10.0 Å². The molecular weight excluding hydrogens is 346 g/mol. The number of rotatable bonds is 7. The van der Waals surface area contributed by atoms with E-state index in [1.54, 1.807) is 0 Å². The van der Waals surface area contributed by atoms with E-state index in [0.29, 0.717) is 18.4 Å². The Morgan fingerprint density at radius 1 is 1.67 bits per heavy atom. The van der Waals surface area contributed by atoms with Crippen molar-refractivity contribution in [2.75, 3.05) is 19.0 Å². The van der Waals surface area contributed by atoms with E-state index in [-0.39, 0.29) is 16.1 Å². The van der Waals surface area contributed by atoms with Crippen LogP contribution in [0.5, 0.6) is 0 Å². The molecule has 1 rings (SSSR count). The van der Waals surface area contributed by atoms with Crippen molar-refractivity contribution >= 4 is 37.6 Å². The zero-order chi connectivity index (χ0) is 13.8. The number of halogens is 2. The largest absolute Gasteiger partial charge is 0.383 e. The zero-order valence-electron chi connectivity index (χ0n) is 10.1. The molecule has 1 unspecified atom stereocenters. The van der Waals surface area contributed by atoms with Crippen molar-refractivity contribution in [3.63, 3.8) is 0 Å². The van der Waals surface area contributed by atoms with Crippen LogP contribution in [0.3, 0.4) is 0 Å². The second-order valence-electron chi connectivity index (χ2n) is 3.67. The zero-order valence-corrected chi connectivity index (χ0v) is 13.2. The topological polar surface area (TPSA) is 73.2 Å². The van der Waals surface area contributed by atoms with E-state index >= 15 is 0 Å². The Balaban J connectivity index is 2.93. The van der Waals surface area contributed by atoms with Gasteiger partial charge in [-0.1, -0.05) is 27.5 Å². The summed E-state index contributed by atoms with van der Waals surface area (Å²) in [6.07, 6.45) is 1.91. The first-order chi connectivity index (χ1) is 8.42. The van der Waals surface area contributed by atoms with Crippen LogP contribution in [0.2, 0.25) is 5.02 Å². The second-order valence-corrected chi connectivity index (χ2v) is 6.50. The van der Waals surface area contributed by atoms with Crippen molar-refractivity contribution in [1.82, 2.24) is 14.5 Å². The fourth-order valence-electron chi connectivity index (χ4n) is 1.49. The highest BCUT2D eigenvalue weighted by molar-refractivity contribution is 9.09. The monoisotopic (exact) mass is 359 g/mol. The molecule has 1 N–H and O–H groups in total. The molecule has 1 aromatic heterocycles. The molecule has 18 heavy (non-hydrogen) atoms. The molecule has 104 valence electrons. The number of hydrogen-bond donors (Lipinski definition) is 1. The maximum Gasteiger partial charge on any atom is 0.259 e. The molecule has 1 atom stereocenters. The summed E-state index contributed by atoms with van der Waals surface area (Å²) >= 11 is 9.10. The molecular formula is C9H15BrClN3O3S. The molecule has 0 aliphatic rings. The minimum atomic E-state index is -3.70. The molecule has 0 spiro atoms. The Labute approximate surface area is 120 Å². The Hall–Kier alpha value is -0.150. The van der Waals surface area contributed by atoms with Gasteiger partial charge in [0.2, 0.25) is 0 Å². The average Bonchev–Trinajstić information content (AvgIpc) is 2.59. The van der Waals surface area contributed by atoms with Crippen LogP contribution in [0.4, 0.5) is 0 Å². The Morgan fingerprint density at radius 3 is 2.78 bits per heavy atom. The molecule has 0 aromatic carbocycles. The van der Waals surface area contributed by atoms with Crippen LogP contribution in [0.15, 0.2) is 11.2 Å². The quantitative estimate of drug-likeness (QED) is 0.740. The molecule has 0 aliphatic carbocycles. The molecule has 6 nitrogen and oxygen atoms in total. The highest BCUT2D eigenvalue weighted by Gasteiger charge is 2.25. The predicted molar refractivity (Wildman–Crippen MR) is 72.6 cm³/mol. The van der Waals surface area contributed by atoms with Crippen molar-refractivity contribution in [3.8, 4) is 0 Å². The van der Waals surface area contributed by atoms with Crippen molar-refractivity contribution in [2.45, 2.75) is 17.5 Å². The van der Waals surface area contributed by atoms with Crippen LogP contribution >= 0.6 is 27.5 Å². The molecule has 0 saturated heterocycles. The standard InChI is InChI=1S/C9H15BrClN3O3S/c1-14-9(8(11)5-12-14)18(15,16)13-7(3-4-10)6-17-2/h5,7,13H,3-4,6H2,1-2H3. The van der Waals surface area contributed by atoms with Crippen molar-refractivity contribution in [1.29, 1.82) is 0 Å². The van der Waals surface area contributed by atoms with E-state index in [1.165, 1.54) is 25.0 Å². The third kappa shape index (κ3) is 3.92. The van der Waals surface area contributed by atoms with Crippen molar-refractivity contribution in [3.05, 3.63) is 11.2 Å². The minimum Gasteiger partial charge on any atom is -0.383 e. The number of alkyl halides is 1. The van der Waals surface area contributed by atoms with E-state index < -0.39 is 10.0 Å². The van der Waals surface area contributed by atoms with Crippen LogP contribution in [-0.2, 0) is 21.8 Å². The first-order valence-electron chi connectivity index (χ1n) is 5.17. The SMILES string of the molecule is COCC(CCBr)NS(=O)(=O)c1c(Cl)cnn1C. The van der Waals surface area contributed by atoms with E-state index in [0.717, 1.165) is 0 Å². The van der Waals surface area contributed by atoms with Gasteiger partial charge < -0.3 is 4.74 Å². The lowest BCUT2D eigenvalue weighted by atomic mass is 10.3. The van der Waals surface area contributed by atoms with E-state index in [4.69, 9.17) is 16.3 Å². The van der Waals surface area contributed by atoms with Gasteiger partial charge in [0, 0.05) is 25.5 Å². The molecule has 0 bridgehead atoms. The number of hydrogen-bond acceptors (Lipinski definition) is 4. The molecule has 0 saturated carbocycles. The normalized spacial score (nSPS) is 13.8. The summed E-state index contributed by atoms with van der Waals surface area (Å²) in [5, 5.41) is 4.53. The summed E-state index contributed by atoms with van der Waals surface area (Å²) in [5.41, 5.74) is 0. The van der Waals surface area contributed by atoms with Gasteiger partial charge in [-0.05, 0) is 6.42 Å². The summed E-state index contributed by atoms with van der Waals surface area (Å²) in [6.45, 7) is 0.292. The van der Waals surface area contributed by atoms with Crippen LogP contribution in [0.1, 0.15) is 6.42 Å². The summed E-state index contributed by atoms with van der Waals surface area (Å²) in [4.78, 5) is 0. The Morgan fingerprint density at radius 2 is 2.33 bits per heavy atom. The number of aryl methyl sites for hydroxylation is 1. The minimum absolute atomic E-state index is 0.0418. The van der Waals surface area contributed by atoms with E-state index in [2.05, 4.69) is 25.8 Å². The van der Waals surface area contributed by atoms with Crippen LogP contribution < -0.4 is 4.72 Å². The molecule has 0 fully saturated rings. The molecule has 1 heterocycles. The number of nitrogens with one attached hydrogen (secondary N) is 1. The number of nitrogens with zero attached hydrogens (tertiary/aromatic N) is 2. The highest BCUT2D eigenvalue weighted by Crippen LogP contribution is 2.20. The summed E-state index contributed by atoms with van der Waals surface area (Å²) in [7, 11) is -0.660. The second kappa shape index (κ2) is 6.85. The molecule has 1 aromatic rings. The fourth-order valence-corrected chi connectivity index (χ4v) is 3.95. The average molecular weight is 361 g/mol. The van der Waals surface area contributed by atoms with Crippen LogP contribution in [0.25, 0.3) is 0 Å². The summed E-state index contributed by atoms with van der Waals surface area (Å²) < 4.78 is 33.1. The van der Waals surface area contributed by atoms with Gasteiger partial charge in [-0.15, -0.1) is 0 Å². The van der Waals surface area contributed by atoms with Gasteiger partial charge in [-0.3, -0.25) is 4.68 Å². The third-order valence-corrected chi connectivity index (χ3v) is 4.73. The lowest BCUT2D eigenvalue weighted by Gasteiger charge is -2.17. The van der Waals surface area contributed by atoms with Gasteiger partial charge in [-0.2, -0.15) is 5.10 Å². The van der Waals surface area contributed by atoms with Gasteiger partial charge in [-0.25, -0.2) is 13.1 Å². The number of ether oxygens (including phenoxy) is 1. The molecule has 0 radical (unpaired) electrons. The Bertz CT molecular complexity index is 466. The molecule has 9 heteroatoms. The molecule has 0 amide bonds. The van der Waals surface area contributed by atoms with Gasteiger partial charge in [0.15, 0.2) is 5.03 Å². The number of sulfonamides is 1. The highest BCUT2D eigenvalue weighted by atomic mass is 79.9. The first kappa shape index (κ1) is 15.9. The summed E-state index contributed by atoms with van der Waals surface area (Å²) in [6, 6.07) is -0.314. The Kier molecular flexibility index (Phi) is 6.06. The smallest absolute Gasteiger partial charge is 0.259 e. The van der Waals surface area contributed by atoms with Crippen molar-refractivity contribution in [2.24, 2.45) is 7.05 Å². The lowest BCUT2D eigenvalue weighted by molar-refractivity contribution is 0.173. The number of methoxy groups -OCH3 is 1. The molecule has 0 aliphatic heterocycles. The van der Waals surface area contributed by atoms with Crippen LogP contribution in [0, 0.1) is 0 Å². The summed E-state index contributed by atoms with van der Waals surface area (Å²) in [5.74, 6) is 0.